The molecule has 4 rings (SSSR count). The predicted octanol–water partition coefficient (Wildman–Crippen LogP) is 2.80. The van der Waals surface area contributed by atoms with Crippen molar-refractivity contribution in [2.24, 2.45) is 0 Å². The predicted molar refractivity (Wildman–Crippen MR) is 105 cm³/mol. The Labute approximate surface area is 164 Å². The number of halogens is 1. The zero-order chi connectivity index (χ0) is 19.0. The second-order valence-electron chi connectivity index (χ2n) is 6.77. The lowest BCUT2D eigenvalue weighted by Gasteiger charge is -2.34. The molecule has 1 saturated heterocycles. The minimum Gasteiger partial charge on any atom is -0.303 e. The summed E-state index contributed by atoms with van der Waals surface area (Å²) in [5.41, 5.74) is 2.74. The molecule has 0 atom stereocenters. The van der Waals surface area contributed by atoms with Gasteiger partial charge < -0.3 is 4.40 Å². The van der Waals surface area contributed by atoms with E-state index in [1.165, 1.54) is 6.07 Å². The highest BCUT2D eigenvalue weighted by Gasteiger charge is 2.30. The van der Waals surface area contributed by atoms with Crippen LogP contribution >= 0.6 is 11.6 Å². The van der Waals surface area contributed by atoms with Gasteiger partial charge >= 0.3 is 0 Å². The van der Waals surface area contributed by atoms with Crippen molar-refractivity contribution in [1.82, 2.24) is 18.6 Å². The molecule has 3 heterocycles. The fraction of sp³-hybridized carbons (Fsp3) is 0.316. The summed E-state index contributed by atoms with van der Waals surface area (Å²) >= 11 is 6.01. The van der Waals surface area contributed by atoms with Crippen LogP contribution in [0.2, 0.25) is 5.02 Å². The number of benzene rings is 1. The SMILES string of the molecule is Cc1ccc(Cl)cc1S(=O)(=O)N1CCN(Cc2cnc3ccccn23)CC1. The Morgan fingerprint density at radius 3 is 2.67 bits per heavy atom. The smallest absolute Gasteiger partial charge is 0.243 e. The third-order valence-electron chi connectivity index (χ3n) is 4.98. The summed E-state index contributed by atoms with van der Waals surface area (Å²) in [7, 11) is -3.53. The van der Waals surface area contributed by atoms with Crippen molar-refractivity contribution in [3.05, 3.63) is 65.1 Å². The number of piperazine rings is 1. The molecule has 0 N–H and O–H groups in total. The maximum absolute atomic E-state index is 13.0. The summed E-state index contributed by atoms with van der Waals surface area (Å²) in [6.07, 6.45) is 3.88. The number of imidazole rings is 1. The number of hydrogen-bond donors (Lipinski definition) is 0. The highest BCUT2D eigenvalue weighted by molar-refractivity contribution is 7.89. The van der Waals surface area contributed by atoms with Crippen molar-refractivity contribution in [3.8, 4) is 0 Å². The van der Waals surface area contributed by atoms with Gasteiger partial charge in [-0.15, -0.1) is 0 Å². The minimum absolute atomic E-state index is 0.297. The van der Waals surface area contributed by atoms with Gasteiger partial charge in [0.1, 0.15) is 5.65 Å². The van der Waals surface area contributed by atoms with Crippen LogP contribution in [-0.4, -0.2) is 53.2 Å². The molecule has 8 heteroatoms. The van der Waals surface area contributed by atoms with Crippen LogP contribution in [0.3, 0.4) is 0 Å². The van der Waals surface area contributed by atoms with E-state index < -0.39 is 10.0 Å². The van der Waals surface area contributed by atoms with Crippen LogP contribution < -0.4 is 0 Å². The first kappa shape index (κ1) is 18.4. The molecule has 0 bridgehead atoms. The molecule has 0 amide bonds. The van der Waals surface area contributed by atoms with Crippen LogP contribution in [0.15, 0.2) is 53.7 Å². The Hall–Kier alpha value is -1.93. The molecule has 0 unspecified atom stereocenters. The molecule has 1 aliphatic heterocycles. The van der Waals surface area contributed by atoms with Gasteiger partial charge in [-0.2, -0.15) is 4.31 Å². The Kier molecular flexibility index (Phi) is 4.94. The van der Waals surface area contributed by atoms with Crippen LogP contribution in [0.25, 0.3) is 5.65 Å². The largest absolute Gasteiger partial charge is 0.303 e. The van der Waals surface area contributed by atoms with Crippen molar-refractivity contribution in [3.63, 3.8) is 0 Å². The highest BCUT2D eigenvalue weighted by atomic mass is 35.5. The highest BCUT2D eigenvalue weighted by Crippen LogP contribution is 2.24. The molecular weight excluding hydrogens is 384 g/mol. The molecule has 1 fully saturated rings. The Morgan fingerprint density at radius 1 is 1.11 bits per heavy atom. The zero-order valence-electron chi connectivity index (χ0n) is 15.0. The van der Waals surface area contributed by atoms with Gasteiger partial charge in [-0.1, -0.05) is 23.7 Å². The first-order chi connectivity index (χ1) is 12.9. The molecule has 0 aliphatic carbocycles. The van der Waals surface area contributed by atoms with Crippen LogP contribution in [0.5, 0.6) is 0 Å². The van der Waals surface area contributed by atoms with Crippen molar-refractivity contribution < 1.29 is 8.42 Å². The lowest BCUT2D eigenvalue weighted by Crippen LogP contribution is -2.48. The standard InChI is InChI=1S/C19H21ClN4O2S/c1-15-5-6-16(20)12-18(15)27(25,26)23-10-8-22(9-11-23)14-17-13-21-19-4-2-3-7-24(17)19/h2-7,12-13H,8-11,14H2,1H3. The molecule has 2 aromatic heterocycles. The van der Waals surface area contributed by atoms with E-state index in [9.17, 15) is 8.42 Å². The van der Waals surface area contributed by atoms with Gasteiger partial charge in [-0.3, -0.25) is 4.90 Å². The molecular formula is C19H21ClN4O2S. The van der Waals surface area contributed by atoms with Gasteiger partial charge in [0.15, 0.2) is 0 Å². The molecule has 3 aromatic rings. The maximum atomic E-state index is 13.0. The number of pyridine rings is 1. The van der Waals surface area contributed by atoms with Crippen molar-refractivity contribution >= 4 is 27.3 Å². The van der Waals surface area contributed by atoms with Gasteiger partial charge in [0.2, 0.25) is 10.0 Å². The quantitative estimate of drug-likeness (QED) is 0.671. The zero-order valence-corrected chi connectivity index (χ0v) is 16.6. The van der Waals surface area contributed by atoms with E-state index in [1.807, 2.05) is 30.6 Å². The first-order valence-electron chi connectivity index (χ1n) is 8.85. The third-order valence-corrected chi connectivity index (χ3v) is 7.25. The summed E-state index contributed by atoms with van der Waals surface area (Å²) in [5, 5.41) is 0.436. The van der Waals surface area contributed by atoms with E-state index in [2.05, 4.69) is 14.3 Å². The Morgan fingerprint density at radius 2 is 1.89 bits per heavy atom. The second-order valence-corrected chi connectivity index (χ2v) is 9.11. The summed E-state index contributed by atoms with van der Waals surface area (Å²) in [6, 6.07) is 10.9. The minimum atomic E-state index is -3.53. The average molecular weight is 405 g/mol. The lowest BCUT2D eigenvalue weighted by atomic mass is 10.2. The van der Waals surface area contributed by atoms with Gasteiger partial charge in [-0.25, -0.2) is 13.4 Å². The number of aryl methyl sites for hydroxylation is 1. The van der Waals surface area contributed by atoms with E-state index >= 15 is 0 Å². The van der Waals surface area contributed by atoms with Gasteiger partial charge in [0, 0.05) is 43.9 Å². The van der Waals surface area contributed by atoms with Crippen LogP contribution in [0, 0.1) is 6.92 Å². The van der Waals surface area contributed by atoms with E-state index in [-0.39, 0.29) is 0 Å². The van der Waals surface area contributed by atoms with E-state index in [0.29, 0.717) is 41.7 Å². The maximum Gasteiger partial charge on any atom is 0.243 e. The summed E-state index contributed by atoms with van der Waals surface area (Å²) in [4.78, 5) is 6.97. The summed E-state index contributed by atoms with van der Waals surface area (Å²) in [5.74, 6) is 0. The number of fused-ring (bicyclic) bond motifs is 1. The second kappa shape index (κ2) is 7.24. The molecule has 1 aromatic carbocycles. The number of nitrogens with zero attached hydrogens (tertiary/aromatic N) is 4. The fourth-order valence-corrected chi connectivity index (χ4v) is 5.36. The van der Waals surface area contributed by atoms with Crippen LogP contribution in [-0.2, 0) is 16.6 Å². The molecule has 27 heavy (non-hydrogen) atoms. The Balaban J connectivity index is 1.46. The average Bonchev–Trinajstić information content (AvgIpc) is 3.07. The monoisotopic (exact) mass is 404 g/mol. The van der Waals surface area contributed by atoms with Gasteiger partial charge in [-0.05, 0) is 36.8 Å². The number of hydrogen-bond acceptors (Lipinski definition) is 4. The molecule has 142 valence electrons. The van der Waals surface area contributed by atoms with Crippen LogP contribution in [0.1, 0.15) is 11.3 Å². The summed E-state index contributed by atoms with van der Waals surface area (Å²) < 4.78 is 29.6. The summed E-state index contributed by atoms with van der Waals surface area (Å²) in [6.45, 7) is 4.83. The molecule has 0 radical (unpaired) electrons. The number of sulfonamides is 1. The normalized spacial score (nSPS) is 16.8. The van der Waals surface area contributed by atoms with Gasteiger partial charge in [0.05, 0.1) is 16.8 Å². The number of aromatic nitrogens is 2. The Bertz CT molecular complexity index is 1070. The number of rotatable bonds is 4. The third kappa shape index (κ3) is 3.60. The van der Waals surface area contributed by atoms with Crippen molar-refractivity contribution in [2.45, 2.75) is 18.4 Å². The lowest BCUT2D eigenvalue weighted by molar-refractivity contribution is 0.179. The van der Waals surface area contributed by atoms with E-state index in [1.54, 1.807) is 23.4 Å². The first-order valence-corrected chi connectivity index (χ1v) is 10.7. The van der Waals surface area contributed by atoms with E-state index in [4.69, 9.17) is 11.6 Å². The molecule has 6 nitrogen and oxygen atoms in total. The topological polar surface area (TPSA) is 57.9 Å². The molecule has 0 saturated carbocycles. The van der Waals surface area contributed by atoms with Crippen molar-refractivity contribution in [2.75, 3.05) is 26.2 Å². The van der Waals surface area contributed by atoms with Crippen LogP contribution in [0.4, 0.5) is 0 Å². The molecule has 1 aliphatic rings. The fourth-order valence-electron chi connectivity index (χ4n) is 3.45. The van der Waals surface area contributed by atoms with Gasteiger partial charge in [0.25, 0.3) is 0 Å². The van der Waals surface area contributed by atoms with E-state index in [0.717, 1.165) is 17.9 Å². The molecule has 0 spiro atoms. The van der Waals surface area contributed by atoms with Crippen molar-refractivity contribution in [1.29, 1.82) is 0 Å².